The van der Waals surface area contributed by atoms with Crippen LogP contribution in [0.4, 0.5) is 0 Å². The van der Waals surface area contributed by atoms with E-state index in [-0.39, 0.29) is 17.0 Å². The van der Waals surface area contributed by atoms with E-state index in [9.17, 15) is 13.2 Å². The van der Waals surface area contributed by atoms with Crippen molar-refractivity contribution < 1.29 is 18.3 Å². The molecule has 0 atom stereocenters. The predicted octanol–water partition coefficient (Wildman–Crippen LogP) is 2.27. The maximum absolute atomic E-state index is 12.5. The minimum Gasteiger partial charge on any atom is -0.478 e. The van der Waals surface area contributed by atoms with Crippen LogP contribution in [-0.2, 0) is 16.6 Å². The summed E-state index contributed by atoms with van der Waals surface area (Å²) in [5, 5.41) is 10.9. The zero-order valence-electron chi connectivity index (χ0n) is 10.7. The zero-order chi connectivity index (χ0) is 14.8. The van der Waals surface area contributed by atoms with E-state index in [2.05, 4.69) is 0 Å². The van der Waals surface area contributed by atoms with Gasteiger partial charge < -0.3 is 5.11 Å². The van der Waals surface area contributed by atoms with E-state index in [1.54, 1.807) is 0 Å². The Kier molecular flexibility index (Phi) is 4.22. The van der Waals surface area contributed by atoms with Gasteiger partial charge in [0, 0.05) is 18.5 Å². The Morgan fingerprint density at radius 2 is 1.95 bits per heavy atom. The molecule has 0 saturated heterocycles. The number of carboxylic acids is 1. The highest BCUT2D eigenvalue weighted by atomic mass is 32.2. The second-order valence-electron chi connectivity index (χ2n) is 4.14. The van der Waals surface area contributed by atoms with E-state index >= 15 is 0 Å². The van der Waals surface area contributed by atoms with Gasteiger partial charge in [0.25, 0.3) is 0 Å². The number of thiophene rings is 1. The Bertz CT molecular complexity index is 708. The fourth-order valence-electron chi connectivity index (χ4n) is 1.74. The SMILES string of the molecule is CN(Cc1cccs1)S(=O)(=O)c1ccccc1C(=O)O. The molecule has 5 nitrogen and oxygen atoms in total. The summed E-state index contributed by atoms with van der Waals surface area (Å²) in [4.78, 5) is 11.8. The monoisotopic (exact) mass is 311 g/mol. The minimum absolute atomic E-state index is 0.188. The van der Waals surface area contributed by atoms with Crippen LogP contribution in [0.15, 0.2) is 46.7 Å². The largest absolute Gasteiger partial charge is 0.478 e. The number of hydrogen-bond acceptors (Lipinski definition) is 4. The minimum atomic E-state index is -3.83. The van der Waals surface area contributed by atoms with Crippen LogP contribution in [-0.4, -0.2) is 30.8 Å². The van der Waals surface area contributed by atoms with Gasteiger partial charge in [-0.3, -0.25) is 0 Å². The molecule has 0 fully saturated rings. The first kappa shape index (κ1) is 14.7. The molecule has 2 rings (SSSR count). The Labute approximate surface area is 121 Å². The molecule has 0 aliphatic rings. The van der Waals surface area contributed by atoms with E-state index in [0.29, 0.717) is 0 Å². The first-order valence-corrected chi connectivity index (χ1v) is 8.06. The Hall–Kier alpha value is -1.70. The molecule has 20 heavy (non-hydrogen) atoms. The highest BCUT2D eigenvalue weighted by Crippen LogP contribution is 2.22. The number of sulfonamides is 1. The lowest BCUT2D eigenvalue weighted by molar-refractivity contribution is 0.0692. The molecule has 0 radical (unpaired) electrons. The summed E-state index contributed by atoms with van der Waals surface area (Å²) in [6.45, 7) is 0.216. The molecule has 0 unspecified atom stereocenters. The fraction of sp³-hybridized carbons (Fsp3) is 0.154. The van der Waals surface area contributed by atoms with Crippen molar-refractivity contribution in [3.63, 3.8) is 0 Å². The second kappa shape index (κ2) is 5.74. The molecule has 0 aliphatic carbocycles. The highest BCUT2D eigenvalue weighted by molar-refractivity contribution is 7.89. The standard InChI is InChI=1S/C13H13NO4S2/c1-14(9-10-5-4-8-19-10)20(17,18)12-7-3-2-6-11(12)13(15)16/h2-8H,9H2,1H3,(H,15,16). The molecule has 1 aromatic carbocycles. The zero-order valence-corrected chi connectivity index (χ0v) is 12.3. The number of carbonyl (C=O) groups is 1. The molecule has 0 bridgehead atoms. The van der Waals surface area contributed by atoms with Crippen molar-refractivity contribution in [2.45, 2.75) is 11.4 Å². The molecule has 0 saturated carbocycles. The molecule has 1 N–H and O–H groups in total. The van der Waals surface area contributed by atoms with E-state index < -0.39 is 16.0 Å². The highest BCUT2D eigenvalue weighted by Gasteiger charge is 2.26. The van der Waals surface area contributed by atoms with Crippen LogP contribution in [0.5, 0.6) is 0 Å². The summed E-state index contributed by atoms with van der Waals surface area (Å²) in [6, 6.07) is 9.28. The molecular formula is C13H13NO4S2. The molecule has 1 aromatic heterocycles. The molecule has 1 heterocycles. The van der Waals surface area contributed by atoms with Gasteiger partial charge in [0.05, 0.1) is 10.5 Å². The molecule has 2 aromatic rings. The first-order valence-electron chi connectivity index (χ1n) is 5.74. The Balaban J connectivity index is 2.37. The number of hydrogen-bond donors (Lipinski definition) is 1. The number of benzene rings is 1. The van der Waals surface area contributed by atoms with Gasteiger partial charge in [-0.2, -0.15) is 4.31 Å². The predicted molar refractivity (Wildman–Crippen MR) is 76.4 cm³/mol. The van der Waals surface area contributed by atoms with Crippen LogP contribution in [0.2, 0.25) is 0 Å². The van der Waals surface area contributed by atoms with Crippen LogP contribution in [0, 0.1) is 0 Å². The molecule has 106 valence electrons. The normalized spacial score (nSPS) is 11.7. The lowest BCUT2D eigenvalue weighted by Crippen LogP contribution is -2.27. The molecule has 0 spiro atoms. The van der Waals surface area contributed by atoms with E-state index in [1.807, 2.05) is 17.5 Å². The van der Waals surface area contributed by atoms with Crippen molar-refractivity contribution in [2.24, 2.45) is 0 Å². The summed E-state index contributed by atoms with van der Waals surface area (Å²) < 4.78 is 26.1. The van der Waals surface area contributed by atoms with Crippen molar-refractivity contribution in [3.05, 3.63) is 52.2 Å². The van der Waals surface area contributed by atoms with Gasteiger partial charge in [-0.25, -0.2) is 13.2 Å². The number of rotatable bonds is 5. The third-order valence-corrected chi connectivity index (χ3v) is 5.49. The average Bonchev–Trinajstić information content (AvgIpc) is 2.91. The Morgan fingerprint density at radius 3 is 2.55 bits per heavy atom. The van der Waals surface area contributed by atoms with Gasteiger partial charge in [-0.05, 0) is 23.6 Å². The van der Waals surface area contributed by atoms with Gasteiger partial charge in [0.2, 0.25) is 10.0 Å². The van der Waals surface area contributed by atoms with E-state index in [0.717, 1.165) is 9.18 Å². The van der Waals surface area contributed by atoms with Gasteiger partial charge >= 0.3 is 5.97 Å². The summed E-state index contributed by atoms with van der Waals surface area (Å²) in [5.41, 5.74) is -0.217. The topological polar surface area (TPSA) is 74.7 Å². The van der Waals surface area contributed by atoms with Crippen molar-refractivity contribution in [1.82, 2.24) is 4.31 Å². The summed E-state index contributed by atoms with van der Waals surface area (Å²) in [7, 11) is -2.39. The number of carboxylic acid groups (broad SMARTS) is 1. The van der Waals surface area contributed by atoms with Gasteiger partial charge in [-0.1, -0.05) is 18.2 Å². The lowest BCUT2D eigenvalue weighted by atomic mass is 10.2. The smallest absolute Gasteiger partial charge is 0.337 e. The maximum atomic E-state index is 12.5. The molecular weight excluding hydrogens is 298 g/mol. The molecule has 7 heteroatoms. The van der Waals surface area contributed by atoms with Crippen molar-refractivity contribution in [3.8, 4) is 0 Å². The second-order valence-corrected chi connectivity index (χ2v) is 7.19. The van der Waals surface area contributed by atoms with Crippen LogP contribution in [0.3, 0.4) is 0 Å². The van der Waals surface area contributed by atoms with Crippen LogP contribution >= 0.6 is 11.3 Å². The van der Waals surface area contributed by atoms with Crippen LogP contribution < -0.4 is 0 Å². The van der Waals surface area contributed by atoms with Crippen molar-refractivity contribution in [2.75, 3.05) is 7.05 Å². The third-order valence-electron chi connectivity index (χ3n) is 2.76. The summed E-state index contributed by atoms with van der Waals surface area (Å²) in [5.74, 6) is -1.26. The van der Waals surface area contributed by atoms with Crippen molar-refractivity contribution in [1.29, 1.82) is 0 Å². The average molecular weight is 311 g/mol. The van der Waals surface area contributed by atoms with Crippen LogP contribution in [0.25, 0.3) is 0 Å². The molecule has 0 amide bonds. The molecule has 0 aliphatic heterocycles. The quantitative estimate of drug-likeness (QED) is 0.919. The van der Waals surface area contributed by atoms with Gasteiger partial charge in [0.15, 0.2) is 0 Å². The summed E-state index contributed by atoms with van der Waals surface area (Å²) in [6.07, 6.45) is 0. The fourth-order valence-corrected chi connectivity index (χ4v) is 3.91. The van der Waals surface area contributed by atoms with Crippen molar-refractivity contribution >= 4 is 27.3 Å². The third kappa shape index (κ3) is 2.90. The summed E-state index contributed by atoms with van der Waals surface area (Å²) >= 11 is 1.45. The number of aromatic carboxylic acids is 1. The first-order chi connectivity index (χ1) is 9.43. The number of nitrogens with zero attached hydrogens (tertiary/aromatic N) is 1. The van der Waals surface area contributed by atoms with Crippen LogP contribution in [0.1, 0.15) is 15.2 Å². The Morgan fingerprint density at radius 1 is 1.25 bits per heavy atom. The maximum Gasteiger partial charge on any atom is 0.337 e. The van der Waals surface area contributed by atoms with E-state index in [1.165, 1.54) is 42.6 Å². The lowest BCUT2D eigenvalue weighted by Gasteiger charge is -2.17. The van der Waals surface area contributed by atoms with Gasteiger partial charge in [-0.15, -0.1) is 11.3 Å². The van der Waals surface area contributed by atoms with Gasteiger partial charge in [0.1, 0.15) is 0 Å². The van der Waals surface area contributed by atoms with E-state index in [4.69, 9.17) is 5.11 Å².